The molecule has 0 fully saturated rings. The molecule has 0 aromatic heterocycles. The molecule has 0 saturated carbocycles. The second-order valence-corrected chi connectivity index (χ2v) is 3.23. The Balaban J connectivity index is 2.91. The van der Waals surface area contributed by atoms with E-state index in [0.29, 0.717) is 5.56 Å². The summed E-state index contributed by atoms with van der Waals surface area (Å²) < 4.78 is 12.9. The maximum Gasteiger partial charge on any atom is 0.147 e. The third-order valence-electron chi connectivity index (χ3n) is 1.50. The number of hydrogen-bond acceptors (Lipinski definition) is 1. The Morgan fingerprint density at radius 3 is 2.92 bits per heavy atom. The summed E-state index contributed by atoms with van der Waals surface area (Å²) in [6.07, 6.45) is 0.732. The first-order chi connectivity index (χ1) is 6.25. The summed E-state index contributed by atoms with van der Waals surface area (Å²) in [6, 6.07) is 4.63. The fourth-order valence-electron chi connectivity index (χ4n) is 0.851. The second-order valence-electron chi connectivity index (χ2n) is 2.44. The maximum absolute atomic E-state index is 12.9. The number of nitrogens with two attached hydrogens (primary N) is 1. The molecule has 68 valence electrons. The Labute approximate surface area is 85.3 Å². The third-order valence-corrected chi connectivity index (χ3v) is 1.89. The van der Waals surface area contributed by atoms with E-state index in [1.165, 1.54) is 6.07 Å². The molecule has 0 bridgehead atoms. The largest absolute Gasteiger partial charge is 0.395 e. The summed E-state index contributed by atoms with van der Waals surface area (Å²) in [5.41, 5.74) is 6.16. The summed E-state index contributed by atoms with van der Waals surface area (Å²) in [4.78, 5) is 0. The summed E-state index contributed by atoms with van der Waals surface area (Å²) in [5, 5.41) is 0.815. The molecule has 0 heterocycles. The quantitative estimate of drug-likeness (QED) is 0.457. The highest BCUT2D eigenvalue weighted by molar-refractivity contribution is 9.09. The van der Waals surface area contributed by atoms with Gasteiger partial charge in [-0.25, -0.2) is 4.39 Å². The Bertz CT molecular complexity index is 352. The summed E-state index contributed by atoms with van der Waals surface area (Å²) in [6.45, 7) is 0. The average Bonchev–Trinajstić information content (AvgIpc) is 2.13. The van der Waals surface area contributed by atoms with Gasteiger partial charge in [0.25, 0.3) is 0 Å². The SMILES string of the molecule is Nc1c(F)cccc1C#CCCBr. The van der Waals surface area contributed by atoms with Gasteiger partial charge in [0.15, 0.2) is 0 Å². The van der Waals surface area contributed by atoms with Crippen LogP contribution in [-0.4, -0.2) is 5.33 Å². The molecule has 0 amide bonds. The van der Waals surface area contributed by atoms with Gasteiger partial charge in [0.1, 0.15) is 5.82 Å². The fraction of sp³-hybridized carbons (Fsp3) is 0.200. The Hall–Kier alpha value is -1.01. The van der Waals surface area contributed by atoms with Gasteiger partial charge in [0.2, 0.25) is 0 Å². The second kappa shape index (κ2) is 4.88. The molecular formula is C10H9BrFN. The summed E-state index contributed by atoms with van der Waals surface area (Å²) in [5.74, 6) is 5.27. The minimum Gasteiger partial charge on any atom is -0.395 e. The zero-order valence-corrected chi connectivity index (χ0v) is 8.57. The van der Waals surface area contributed by atoms with E-state index in [1.807, 2.05) is 0 Å². The number of hydrogen-bond donors (Lipinski definition) is 1. The first-order valence-electron chi connectivity index (χ1n) is 3.84. The smallest absolute Gasteiger partial charge is 0.147 e. The van der Waals surface area contributed by atoms with Crippen molar-refractivity contribution in [3.8, 4) is 11.8 Å². The van der Waals surface area contributed by atoms with Gasteiger partial charge < -0.3 is 5.73 Å². The van der Waals surface area contributed by atoms with Crippen LogP contribution in [0, 0.1) is 17.7 Å². The topological polar surface area (TPSA) is 26.0 Å². The van der Waals surface area contributed by atoms with Crippen molar-refractivity contribution in [2.75, 3.05) is 11.1 Å². The molecular weight excluding hydrogens is 233 g/mol. The number of halogens is 2. The maximum atomic E-state index is 12.9. The number of benzene rings is 1. The Morgan fingerprint density at radius 1 is 1.46 bits per heavy atom. The van der Waals surface area contributed by atoms with Gasteiger partial charge in [0, 0.05) is 11.8 Å². The molecule has 3 heteroatoms. The minimum absolute atomic E-state index is 0.129. The molecule has 2 N–H and O–H groups in total. The average molecular weight is 242 g/mol. The highest BCUT2D eigenvalue weighted by atomic mass is 79.9. The molecule has 1 nitrogen and oxygen atoms in total. The molecule has 0 aliphatic carbocycles. The van der Waals surface area contributed by atoms with E-state index in [2.05, 4.69) is 27.8 Å². The van der Waals surface area contributed by atoms with Crippen LogP contribution >= 0.6 is 15.9 Å². The molecule has 0 atom stereocenters. The highest BCUT2D eigenvalue weighted by Gasteiger charge is 1.99. The van der Waals surface area contributed by atoms with Crippen LogP contribution in [0.4, 0.5) is 10.1 Å². The normalized spacial score (nSPS) is 9.08. The lowest BCUT2D eigenvalue weighted by atomic mass is 10.2. The predicted octanol–water partition coefficient (Wildman–Crippen LogP) is 2.54. The third kappa shape index (κ3) is 2.74. The zero-order valence-electron chi connectivity index (χ0n) is 6.98. The Kier molecular flexibility index (Phi) is 3.78. The van der Waals surface area contributed by atoms with Crippen LogP contribution in [0.15, 0.2) is 18.2 Å². The number of alkyl halides is 1. The molecule has 0 aliphatic rings. The molecule has 0 unspecified atom stereocenters. The van der Waals surface area contributed by atoms with Gasteiger partial charge in [-0.2, -0.15) is 0 Å². The molecule has 13 heavy (non-hydrogen) atoms. The van der Waals surface area contributed by atoms with Crippen LogP contribution in [0.25, 0.3) is 0 Å². The van der Waals surface area contributed by atoms with E-state index < -0.39 is 5.82 Å². The van der Waals surface area contributed by atoms with Crippen LogP contribution in [0.3, 0.4) is 0 Å². The standard InChI is InChI=1S/C10H9BrFN/c11-7-2-1-4-8-5-3-6-9(12)10(8)13/h3,5-6H,2,7,13H2. The molecule has 1 aromatic rings. The van der Waals surface area contributed by atoms with Gasteiger partial charge >= 0.3 is 0 Å². The first-order valence-corrected chi connectivity index (χ1v) is 4.96. The van der Waals surface area contributed by atoms with Crippen LogP contribution in [0.2, 0.25) is 0 Å². The molecule has 0 spiro atoms. The van der Waals surface area contributed by atoms with Gasteiger partial charge in [-0.05, 0) is 12.1 Å². The lowest BCUT2D eigenvalue weighted by molar-refractivity contribution is 0.632. The van der Waals surface area contributed by atoms with E-state index in [0.717, 1.165) is 11.8 Å². The molecule has 0 radical (unpaired) electrons. The van der Waals surface area contributed by atoms with Gasteiger partial charge in [-0.1, -0.05) is 33.8 Å². The van der Waals surface area contributed by atoms with Crippen molar-refractivity contribution in [3.05, 3.63) is 29.6 Å². The van der Waals surface area contributed by atoms with Crippen molar-refractivity contribution < 1.29 is 4.39 Å². The lowest BCUT2D eigenvalue weighted by Crippen LogP contribution is -1.93. The number of nitrogen functional groups attached to an aromatic ring is 1. The van der Waals surface area contributed by atoms with Gasteiger partial charge in [-0.15, -0.1) is 0 Å². The Morgan fingerprint density at radius 2 is 2.23 bits per heavy atom. The first kappa shape index (κ1) is 10.1. The van der Waals surface area contributed by atoms with Crippen molar-refractivity contribution in [2.45, 2.75) is 6.42 Å². The highest BCUT2D eigenvalue weighted by Crippen LogP contribution is 2.14. The number of para-hydroxylation sites is 1. The van der Waals surface area contributed by atoms with Crippen molar-refractivity contribution in [2.24, 2.45) is 0 Å². The van der Waals surface area contributed by atoms with E-state index in [4.69, 9.17) is 5.73 Å². The monoisotopic (exact) mass is 241 g/mol. The molecule has 0 aliphatic heterocycles. The zero-order chi connectivity index (χ0) is 9.68. The van der Waals surface area contributed by atoms with Crippen molar-refractivity contribution in [1.82, 2.24) is 0 Å². The number of anilines is 1. The van der Waals surface area contributed by atoms with E-state index >= 15 is 0 Å². The van der Waals surface area contributed by atoms with Crippen molar-refractivity contribution in [3.63, 3.8) is 0 Å². The molecule has 0 saturated heterocycles. The van der Waals surface area contributed by atoms with E-state index in [-0.39, 0.29) is 5.69 Å². The van der Waals surface area contributed by atoms with Crippen LogP contribution < -0.4 is 5.73 Å². The minimum atomic E-state index is -0.411. The lowest BCUT2D eigenvalue weighted by Gasteiger charge is -1.97. The molecule has 1 rings (SSSR count). The number of rotatable bonds is 1. The van der Waals surface area contributed by atoms with Crippen molar-refractivity contribution >= 4 is 21.6 Å². The predicted molar refractivity (Wildman–Crippen MR) is 56.1 cm³/mol. The van der Waals surface area contributed by atoms with Gasteiger partial charge in [-0.3, -0.25) is 0 Å². The van der Waals surface area contributed by atoms with Crippen LogP contribution in [0.5, 0.6) is 0 Å². The van der Waals surface area contributed by atoms with E-state index in [1.54, 1.807) is 12.1 Å². The summed E-state index contributed by atoms with van der Waals surface area (Å²) >= 11 is 3.25. The fourth-order valence-corrected chi connectivity index (χ4v) is 1.05. The summed E-state index contributed by atoms with van der Waals surface area (Å²) in [7, 11) is 0. The van der Waals surface area contributed by atoms with Gasteiger partial charge in [0.05, 0.1) is 11.3 Å². The van der Waals surface area contributed by atoms with Crippen LogP contribution in [0.1, 0.15) is 12.0 Å². The van der Waals surface area contributed by atoms with Crippen LogP contribution in [-0.2, 0) is 0 Å². The van der Waals surface area contributed by atoms with E-state index in [9.17, 15) is 4.39 Å². The van der Waals surface area contributed by atoms with Crippen molar-refractivity contribution in [1.29, 1.82) is 0 Å². The molecule has 1 aromatic carbocycles.